The summed E-state index contributed by atoms with van der Waals surface area (Å²) in [5.74, 6) is -3.94. The molecule has 0 saturated carbocycles. The lowest BCUT2D eigenvalue weighted by Gasteiger charge is -2.29. The summed E-state index contributed by atoms with van der Waals surface area (Å²) in [6, 6.07) is 7.69. The quantitative estimate of drug-likeness (QED) is 0.316. The van der Waals surface area contributed by atoms with Crippen molar-refractivity contribution in [3.63, 3.8) is 0 Å². The minimum Gasteiger partial charge on any atom is -0.348 e. The Labute approximate surface area is 207 Å². The van der Waals surface area contributed by atoms with Crippen LogP contribution in [0.1, 0.15) is 29.3 Å². The molecule has 1 N–H and O–H groups in total. The van der Waals surface area contributed by atoms with Crippen molar-refractivity contribution in [1.82, 2.24) is 5.32 Å². The largest absolute Gasteiger partial charge is 0.348 e. The predicted octanol–water partition coefficient (Wildman–Crippen LogP) is 5.31. The minimum atomic E-state index is -2.29. The van der Waals surface area contributed by atoms with E-state index in [-0.39, 0.29) is 29.0 Å². The zero-order valence-electron chi connectivity index (χ0n) is 18.8. The van der Waals surface area contributed by atoms with Gasteiger partial charge in [-0.15, -0.1) is 11.8 Å². The third-order valence-corrected chi connectivity index (χ3v) is 6.93. The number of thioether (sulfide) groups is 1. The number of carbonyl (C=O) groups excluding carboxylic acids is 2. The number of fused-ring (bicyclic) bond motifs is 1. The molecule has 0 bridgehead atoms. The predicted molar refractivity (Wildman–Crippen MR) is 125 cm³/mol. The van der Waals surface area contributed by atoms with Gasteiger partial charge in [0, 0.05) is 41.1 Å². The van der Waals surface area contributed by atoms with Gasteiger partial charge in [0.05, 0.1) is 28.5 Å². The fraction of sp³-hybridized carbons (Fsp3) is 0.250. The molecule has 36 heavy (non-hydrogen) atoms. The van der Waals surface area contributed by atoms with Crippen LogP contribution in [0.3, 0.4) is 0 Å². The van der Waals surface area contributed by atoms with E-state index in [1.165, 1.54) is 29.2 Å². The SMILES string of the molecule is CC1(F)CC(F)=CC(F)=C1CNC(=O)c1ccc2c(c1)SCC(=O)N2Cc1c(F)cccc1[N+](=O)[O-]. The van der Waals surface area contributed by atoms with E-state index in [0.29, 0.717) is 16.7 Å². The second kappa shape index (κ2) is 9.76. The summed E-state index contributed by atoms with van der Waals surface area (Å²) in [6.07, 6.45) is -0.0466. The number of nitrogens with one attached hydrogen (secondary N) is 1. The van der Waals surface area contributed by atoms with Crippen molar-refractivity contribution in [2.45, 2.75) is 30.5 Å². The third-order valence-electron chi connectivity index (χ3n) is 5.90. The lowest BCUT2D eigenvalue weighted by atomic mass is 9.88. The van der Waals surface area contributed by atoms with Crippen LogP contribution >= 0.6 is 11.8 Å². The van der Waals surface area contributed by atoms with Gasteiger partial charge in [0.25, 0.3) is 11.6 Å². The molecular weight excluding hydrogens is 502 g/mol. The van der Waals surface area contributed by atoms with Gasteiger partial charge in [0.2, 0.25) is 5.91 Å². The number of nitro groups is 1. The number of allylic oxidation sites excluding steroid dienone is 3. The van der Waals surface area contributed by atoms with Gasteiger partial charge in [-0.05, 0) is 31.2 Å². The molecule has 2 amide bonds. The maximum absolute atomic E-state index is 14.6. The number of carbonyl (C=O) groups is 2. The Morgan fingerprint density at radius 3 is 2.69 bits per heavy atom. The van der Waals surface area contributed by atoms with E-state index in [2.05, 4.69) is 5.32 Å². The Kier molecular flexibility index (Phi) is 6.90. The number of rotatable bonds is 6. The number of hydrogen-bond donors (Lipinski definition) is 1. The van der Waals surface area contributed by atoms with Gasteiger partial charge in [0.1, 0.15) is 23.1 Å². The molecule has 1 atom stereocenters. The van der Waals surface area contributed by atoms with Crippen molar-refractivity contribution in [2.75, 3.05) is 17.2 Å². The van der Waals surface area contributed by atoms with E-state index in [1.807, 2.05) is 0 Å². The normalized spacial score (nSPS) is 19.6. The summed E-state index contributed by atoms with van der Waals surface area (Å²) >= 11 is 1.13. The van der Waals surface area contributed by atoms with E-state index in [1.54, 1.807) is 0 Å². The Bertz CT molecular complexity index is 1340. The van der Waals surface area contributed by atoms with Crippen LogP contribution in [-0.2, 0) is 11.3 Å². The van der Waals surface area contributed by atoms with Gasteiger partial charge in [-0.1, -0.05) is 6.07 Å². The first kappa shape index (κ1) is 25.4. The van der Waals surface area contributed by atoms with Gasteiger partial charge in [-0.2, -0.15) is 0 Å². The number of anilines is 1. The minimum absolute atomic E-state index is 0.0451. The monoisotopic (exact) mass is 521 g/mol. The molecule has 4 rings (SSSR count). The van der Waals surface area contributed by atoms with Crippen LogP contribution in [0.5, 0.6) is 0 Å². The van der Waals surface area contributed by atoms with E-state index < -0.39 is 58.5 Å². The standard InChI is InChI=1S/C24H19F4N3O4S/c1-24(28)9-14(25)8-18(27)16(24)10-29-23(33)13-5-6-20-21(7-13)36-12-22(32)30(20)11-15-17(26)3-2-4-19(15)31(34)35/h2-8H,9-12H2,1H3,(H,29,33). The van der Waals surface area contributed by atoms with E-state index in [9.17, 15) is 37.3 Å². The topological polar surface area (TPSA) is 92.6 Å². The number of nitro benzene ring substituents is 1. The molecule has 188 valence electrons. The Morgan fingerprint density at radius 2 is 2.00 bits per heavy atom. The van der Waals surface area contributed by atoms with Crippen molar-refractivity contribution in [2.24, 2.45) is 0 Å². The summed E-state index contributed by atoms with van der Waals surface area (Å²) in [5.41, 5.74) is -2.92. The summed E-state index contributed by atoms with van der Waals surface area (Å²) in [6.45, 7) is 0.169. The van der Waals surface area contributed by atoms with Crippen LogP contribution in [0.2, 0.25) is 0 Å². The van der Waals surface area contributed by atoms with Gasteiger partial charge < -0.3 is 10.2 Å². The Balaban J connectivity index is 1.56. The van der Waals surface area contributed by atoms with Crippen LogP contribution in [-0.4, -0.2) is 34.7 Å². The van der Waals surface area contributed by atoms with Crippen molar-refractivity contribution in [3.8, 4) is 0 Å². The molecule has 2 aliphatic rings. The highest BCUT2D eigenvalue weighted by Gasteiger charge is 2.36. The molecule has 1 heterocycles. The Hall–Kier alpha value is -3.67. The molecule has 1 unspecified atom stereocenters. The number of amides is 2. The van der Waals surface area contributed by atoms with E-state index in [0.717, 1.165) is 30.8 Å². The van der Waals surface area contributed by atoms with Crippen LogP contribution in [0.25, 0.3) is 0 Å². The summed E-state index contributed by atoms with van der Waals surface area (Å²) in [4.78, 5) is 37.6. The average molecular weight is 521 g/mol. The summed E-state index contributed by atoms with van der Waals surface area (Å²) in [7, 11) is 0. The smallest absolute Gasteiger partial charge is 0.277 e. The molecule has 0 fully saturated rings. The Morgan fingerprint density at radius 1 is 1.25 bits per heavy atom. The van der Waals surface area contributed by atoms with Crippen LogP contribution in [0.15, 0.2) is 64.6 Å². The molecule has 0 radical (unpaired) electrons. The third kappa shape index (κ3) is 4.99. The first-order chi connectivity index (χ1) is 17.0. The average Bonchev–Trinajstić information content (AvgIpc) is 2.80. The molecule has 0 saturated heterocycles. The second-order valence-electron chi connectivity index (χ2n) is 8.42. The molecule has 0 aromatic heterocycles. The first-order valence-electron chi connectivity index (χ1n) is 10.7. The fourth-order valence-corrected chi connectivity index (χ4v) is 5.01. The van der Waals surface area contributed by atoms with E-state index >= 15 is 0 Å². The summed E-state index contributed by atoms with van der Waals surface area (Å²) < 4.78 is 56.5. The van der Waals surface area contributed by atoms with Crippen LogP contribution in [0.4, 0.5) is 28.9 Å². The van der Waals surface area contributed by atoms with Gasteiger partial charge in [-0.25, -0.2) is 17.6 Å². The first-order valence-corrected chi connectivity index (χ1v) is 11.7. The molecule has 12 heteroatoms. The van der Waals surface area contributed by atoms with Gasteiger partial charge in [-0.3, -0.25) is 19.7 Å². The number of halogens is 4. The molecule has 7 nitrogen and oxygen atoms in total. The van der Waals surface area contributed by atoms with Crippen molar-refractivity contribution < 1.29 is 32.1 Å². The number of benzene rings is 2. The van der Waals surface area contributed by atoms with Crippen LogP contribution < -0.4 is 10.2 Å². The van der Waals surface area contributed by atoms with Crippen LogP contribution in [0, 0.1) is 15.9 Å². The zero-order valence-corrected chi connectivity index (χ0v) is 19.6. The molecule has 0 spiro atoms. The highest BCUT2D eigenvalue weighted by Crippen LogP contribution is 2.39. The second-order valence-corrected chi connectivity index (χ2v) is 9.44. The maximum atomic E-state index is 14.6. The van der Waals surface area contributed by atoms with Gasteiger partial charge in [0.15, 0.2) is 0 Å². The van der Waals surface area contributed by atoms with Crippen molar-refractivity contribution in [3.05, 3.63) is 86.8 Å². The highest BCUT2D eigenvalue weighted by atomic mass is 32.2. The molecule has 1 aliphatic carbocycles. The molecule has 2 aromatic carbocycles. The maximum Gasteiger partial charge on any atom is 0.277 e. The van der Waals surface area contributed by atoms with Crippen molar-refractivity contribution >= 4 is 35.0 Å². The number of nitrogens with zero attached hydrogens (tertiary/aromatic N) is 2. The molecule has 2 aromatic rings. The zero-order chi connectivity index (χ0) is 26.2. The number of hydrogen-bond acceptors (Lipinski definition) is 5. The fourth-order valence-electron chi connectivity index (χ4n) is 4.04. The highest BCUT2D eigenvalue weighted by molar-refractivity contribution is 8.00. The van der Waals surface area contributed by atoms with Gasteiger partial charge >= 0.3 is 0 Å². The molecular formula is C24H19F4N3O4S. The lowest BCUT2D eigenvalue weighted by molar-refractivity contribution is -0.385. The molecule has 1 aliphatic heterocycles. The lowest BCUT2D eigenvalue weighted by Crippen LogP contribution is -2.36. The van der Waals surface area contributed by atoms with E-state index in [4.69, 9.17) is 0 Å². The number of alkyl halides is 1. The summed E-state index contributed by atoms with van der Waals surface area (Å²) in [5, 5.41) is 13.8. The van der Waals surface area contributed by atoms with Crippen molar-refractivity contribution in [1.29, 1.82) is 0 Å².